The molecule has 3 aromatic rings. The first kappa shape index (κ1) is 24.6. The van der Waals surface area contributed by atoms with E-state index in [1.54, 1.807) is 0 Å². The van der Waals surface area contributed by atoms with Gasteiger partial charge in [-0.1, -0.05) is 24.3 Å². The van der Waals surface area contributed by atoms with Crippen molar-refractivity contribution in [1.82, 2.24) is 25.0 Å². The summed E-state index contributed by atoms with van der Waals surface area (Å²) in [5.74, 6) is 3.65. The molecule has 170 valence electrons. The maximum Gasteiger partial charge on any atom is 0.193 e. The van der Waals surface area contributed by atoms with Crippen LogP contribution in [-0.2, 0) is 6.54 Å². The SMILES string of the molecule is CN=C(NCc1ccc(-n2nc(C)cc2C)nc1)N1CCC(CSc2ccccc2)C1.I. The monoisotopic (exact) mass is 562 g/mol. The van der Waals surface area contributed by atoms with Gasteiger partial charge in [-0.3, -0.25) is 4.99 Å². The Hall–Kier alpha value is -2.07. The molecule has 8 heteroatoms. The molecule has 3 heterocycles. The second kappa shape index (κ2) is 11.7. The second-order valence-electron chi connectivity index (χ2n) is 7.99. The molecule has 4 rings (SSSR count). The third-order valence-corrected chi connectivity index (χ3v) is 6.76. The topological polar surface area (TPSA) is 58.3 Å². The van der Waals surface area contributed by atoms with Crippen LogP contribution in [0.5, 0.6) is 0 Å². The first-order valence-corrected chi connectivity index (χ1v) is 11.7. The largest absolute Gasteiger partial charge is 0.352 e. The lowest BCUT2D eigenvalue weighted by Crippen LogP contribution is -2.39. The van der Waals surface area contributed by atoms with Crippen LogP contribution in [0, 0.1) is 19.8 Å². The molecule has 1 saturated heterocycles. The predicted octanol–water partition coefficient (Wildman–Crippen LogP) is 4.69. The minimum atomic E-state index is 0. The molecule has 0 radical (unpaired) electrons. The molecule has 32 heavy (non-hydrogen) atoms. The zero-order valence-corrected chi connectivity index (χ0v) is 22.0. The van der Waals surface area contributed by atoms with Gasteiger partial charge in [-0.2, -0.15) is 5.10 Å². The molecule has 1 aromatic carbocycles. The first-order chi connectivity index (χ1) is 15.1. The van der Waals surface area contributed by atoms with E-state index in [9.17, 15) is 0 Å². The van der Waals surface area contributed by atoms with Gasteiger partial charge >= 0.3 is 0 Å². The average molecular weight is 563 g/mol. The Balaban J connectivity index is 0.00000289. The number of hydrogen-bond acceptors (Lipinski definition) is 4. The minimum absolute atomic E-state index is 0. The van der Waals surface area contributed by atoms with Crippen LogP contribution in [0.2, 0.25) is 0 Å². The number of likely N-dealkylation sites (tertiary alicyclic amines) is 1. The van der Waals surface area contributed by atoms with E-state index in [4.69, 9.17) is 0 Å². The summed E-state index contributed by atoms with van der Waals surface area (Å²) in [5.41, 5.74) is 3.21. The Morgan fingerprint density at radius 1 is 1.19 bits per heavy atom. The summed E-state index contributed by atoms with van der Waals surface area (Å²) in [5, 5.41) is 8.01. The standard InChI is InChI=1S/C24H30N6S.HI/c1-18-13-19(2)30(28-18)23-10-9-20(14-26-23)15-27-24(25-3)29-12-11-21(16-29)17-31-22-7-5-4-6-8-22;/h4-10,13-14,21H,11-12,15-17H2,1-3H3,(H,25,27);1H. The molecule has 0 amide bonds. The van der Waals surface area contributed by atoms with Gasteiger partial charge in [0.05, 0.1) is 5.69 Å². The number of nitrogens with zero attached hydrogens (tertiary/aromatic N) is 5. The van der Waals surface area contributed by atoms with Gasteiger partial charge in [0.1, 0.15) is 0 Å². The number of pyridine rings is 1. The molecule has 1 aliphatic heterocycles. The molecule has 1 unspecified atom stereocenters. The Morgan fingerprint density at radius 2 is 2.00 bits per heavy atom. The summed E-state index contributed by atoms with van der Waals surface area (Å²) in [4.78, 5) is 12.8. The smallest absolute Gasteiger partial charge is 0.193 e. The van der Waals surface area contributed by atoms with Crippen molar-refractivity contribution in [2.24, 2.45) is 10.9 Å². The van der Waals surface area contributed by atoms with E-state index in [0.29, 0.717) is 12.5 Å². The van der Waals surface area contributed by atoms with Crippen molar-refractivity contribution in [2.75, 3.05) is 25.9 Å². The Bertz CT molecular complexity index is 1020. The third-order valence-electron chi connectivity index (χ3n) is 5.51. The zero-order chi connectivity index (χ0) is 21.6. The summed E-state index contributed by atoms with van der Waals surface area (Å²) in [6.07, 6.45) is 3.12. The minimum Gasteiger partial charge on any atom is -0.352 e. The predicted molar refractivity (Wildman–Crippen MR) is 143 cm³/mol. The van der Waals surface area contributed by atoms with Crippen LogP contribution in [0.1, 0.15) is 23.4 Å². The number of aliphatic imine (C=N–C) groups is 1. The van der Waals surface area contributed by atoms with Gasteiger partial charge in [0.15, 0.2) is 11.8 Å². The number of aromatic nitrogens is 3. The van der Waals surface area contributed by atoms with Gasteiger partial charge in [0.25, 0.3) is 0 Å². The number of guanidine groups is 1. The van der Waals surface area contributed by atoms with Crippen LogP contribution < -0.4 is 5.32 Å². The van der Waals surface area contributed by atoms with Crippen molar-refractivity contribution in [3.63, 3.8) is 0 Å². The van der Waals surface area contributed by atoms with Crippen LogP contribution in [0.15, 0.2) is 64.6 Å². The van der Waals surface area contributed by atoms with Gasteiger partial charge in [0, 0.05) is 49.2 Å². The summed E-state index contributed by atoms with van der Waals surface area (Å²) in [6.45, 7) is 6.85. The molecule has 1 N–H and O–H groups in total. The number of thioether (sulfide) groups is 1. The Kier molecular flexibility index (Phi) is 8.98. The van der Waals surface area contributed by atoms with Crippen LogP contribution in [0.3, 0.4) is 0 Å². The number of nitrogens with one attached hydrogen (secondary N) is 1. The van der Waals surface area contributed by atoms with Gasteiger partial charge in [0.2, 0.25) is 0 Å². The molecule has 0 spiro atoms. The fourth-order valence-electron chi connectivity index (χ4n) is 3.91. The van der Waals surface area contributed by atoms with Crippen molar-refractivity contribution in [3.05, 3.63) is 71.7 Å². The van der Waals surface area contributed by atoms with Crippen molar-refractivity contribution in [2.45, 2.75) is 31.7 Å². The molecule has 0 bridgehead atoms. The van der Waals surface area contributed by atoms with E-state index in [1.165, 1.54) is 11.3 Å². The van der Waals surface area contributed by atoms with E-state index >= 15 is 0 Å². The fourth-order valence-corrected chi connectivity index (χ4v) is 4.96. The van der Waals surface area contributed by atoms with Crippen LogP contribution in [-0.4, -0.2) is 51.5 Å². The van der Waals surface area contributed by atoms with Crippen molar-refractivity contribution in [3.8, 4) is 5.82 Å². The van der Waals surface area contributed by atoms with Crippen LogP contribution in [0.4, 0.5) is 0 Å². The van der Waals surface area contributed by atoms with E-state index in [1.807, 2.05) is 49.6 Å². The van der Waals surface area contributed by atoms with Gasteiger partial charge in [-0.25, -0.2) is 9.67 Å². The van der Waals surface area contributed by atoms with Crippen LogP contribution >= 0.6 is 35.7 Å². The number of hydrogen-bond donors (Lipinski definition) is 1. The van der Waals surface area contributed by atoms with E-state index in [2.05, 4.69) is 67.8 Å². The highest BCUT2D eigenvalue weighted by molar-refractivity contribution is 14.0. The molecule has 0 saturated carbocycles. The second-order valence-corrected chi connectivity index (χ2v) is 9.08. The van der Waals surface area contributed by atoms with Crippen molar-refractivity contribution in [1.29, 1.82) is 0 Å². The molecule has 6 nitrogen and oxygen atoms in total. The van der Waals surface area contributed by atoms with Crippen molar-refractivity contribution >= 4 is 41.7 Å². The molecule has 1 aliphatic rings. The quantitative estimate of drug-likeness (QED) is 0.205. The number of benzene rings is 1. The van der Waals surface area contributed by atoms with Gasteiger partial charge in [-0.05, 0) is 56.0 Å². The number of halogens is 1. The molecule has 0 aliphatic carbocycles. The number of aryl methyl sites for hydroxylation is 2. The first-order valence-electron chi connectivity index (χ1n) is 10.7. The Labute approximate surface area is 211 Å². The Morgan fingerprint density at radius 3 is 2.66 bits per heavy atom. The molecule has 1 atom stereocenters. The number of rotatable bonds is 6. The summed E-state index contributed by atoms with van der Waals surface area (Å²) in [7, 11) is 1.86. The highest BCUT2D eigenvalue weighted by Crippen LogP contribution is 2.25. The van der Waals surface area contributed by atoms with Gasteiger partial charge in [-0.15, -0.1) is 35.7 Å². The normalized spacial score (nSPS) is 16.2. The van der Waals surface area contributed by atoms with E-state index < -0.39 is 0 Å². The summed E-state index contributed by atoms with van der Waals surface area (Å²) in [6, 6.07) is 16.8. The summed E-state index contributed by atoms with van der Waals surface area (Å²) < 4.78 is 1.88. The maximum absolute atomic E-state index is 4.59. The van der Waals surface area contributed by atoms with E-state index in [0.717, 1.165) is 47.6 Å². The zero-order valence-electron chi connectivity index (χ0n) is 18.9. The highest BCUT2D eigenvalue weighted by Gasteiger charge is 2.24. The fraction of sp³-hybridized carbons (Fsp3) is 0.375. The third kappa shape index (κ3) is 6.25. The van der Waals surface area contributed by atoms with Gasteiger partial charge < -0.3 is 10.2 Å². The lowest BCUT2D eigenvalue weighted by Gasteiger charge is -2.21. The summed E-state index contributed by atoms with van der Waals surface area (Å²) >= 11 is 1.95. The van der Waals surface area contributed by atoms with E-state index in [-0.39, 0.29) is 24.0 Å². The molecule has 2 aromatic heterocycles. The highest BCUT2D eigenvalue weighted by atomic mass is 127. The molecule has 1 fully saturated rings. The lowest BCUT2D eigenvalue weighted by molar-refractivity contribution is 0.474. The van der Waals surface area contributed by atoms with Crippen molar-refractivity contribution < 1.29 is 0 Å². The maximum atomic E-state index is 4.59. The van der Waals surface area contributed by atoms with Crippen LogP contribution in [0.25, 0.3) is 5.82 Å². The molecular formula is C24H31IN6S. The average Bonchev–Trinajstić information content (AvgIpc) is 3.40. The lowest BCUT2D eigenvalue weighted by atomic mass is 10.2. The molecular weight excluding hydrogens is 531 g/mol.